The van der Waals surface area contributed by atoms with Crippen molar-refractivity contribution in [1.29, 1.82) is 0 Å². The third kappa shape index (κ3) is 20.2. The molecule has 0 bridgehead atoms. The summed E-state index contributed by atoms with van der Waals surface area (Å²) in [5, 5.41) is 9.34. The number of aliphatic hydroxyl groups is 1. The molecule has 0 aromatic rings. The first-order valence-corrected chi connectivity index (χ1v) is 13.0. The van der Waals surface area contributed by atoms with Gasteiger partial charge in [0.05, 0.1) is 16.2 Å². The van der Waals surface area contributed by atoms with Gasteiger partial charge in [-0.3, -0.25) is 0 Å². The summed E-state index contributed by atoms with van der Waals surface area (Å²) < 4.78 is 33.8. The van der Waals surface area contributed by atoms with Crippen molar-refractivity contribution in [2.75, 3.05) is 0 Å². The van der Waals surface area contributed by atoms with E-state index in [-0.39, 0.29) is 35.7 Å². The van der Waals surface area contributed by atoms with E-state index in [1.54, 1.807) is 0 Å². The molecule has 0 heterocycles. The molecule has 0 fully saturated rings. The van der Waals surface area contributed by atoms with Crippen molar-refractivity contribution in [3.63, 3.8) is 0 Å². The van der Waals surface area contributed by atoms with E-state index in [0.29, 0.717) is 12.8 Å². The van der Waals surface area contributed by atoms with Crippen molar-refractivity contribution in [2.45, 2.75) is 141 Å². The Morgan fingerprint density at radius 3 is 1.46 bits per heavy atom. The van der Waals surface area contributed by atoms with E-state index in [9.17, 15) is 18.1 Å². The Morgan fingerprint density at radius 2 is 1.00 bits per heavy atom. The second kappa shape index (κ2) is 21.1. The second-order valence-corrected chi connectivity index (χ2v) is 9.82. The van der Waals surface area contributed by atoms with Gasteiger partial charge >= 0.3 is 29.6 Å². The smallest absolute Gasteiger partial charge is 0.748 e. The summed E-state index contributed by atoms with van der Waals surface area (Å²) in [6.07, 6.45) is 18.3. The standard InChI is InChI=1S/C22H46O4S.Na/c1-3-5-7-8-9-10-11-12-14-17-21(23)18-15-13-16-20-22(19-6-4-2)27(24,25)26;/h21-23H,3-20H2,1-2H3,(H,24,25,26);/q;+1/p-1. The minimum atomic E-state index is -4.17. The molecule has 0 aliphatic heterocycles. The van der Waals surface area contributed by atoms with Crippen LogP contribution in [0.25, 0.3) is 0 Å². The van der Waals surface area contributed by atoms with Crippen LogP contribution in [-0.4, -0.2) is 29.4 Å². The Balaban J connectivity index is 0. The van der Waals surface area contributed by atoms with Crippen molar-refractivity contribution in [2.24, 2.45) is 0 Å². The normalized spacial score (nSPS) is 13.9. The number of unbranched alkanes of at least 4 members (excludes halogenated alkanes) is 11. The van der Waals surface area contributed by atoms with Gasteiger partial charge in [0.2, 0.25) is 0 Å². The number of hydrogen-bond acceptors (Lipinski definition) is 4. The van der Waals surface area contributed by atoms with Crippen LogP contribution in [0.2, 0.25) is 0 Å². The molecule has 0 aromatic carbocycles. The van der Waals surface area contributed by atoms with Crippen molar-refractivity contribution in [1.82, 2.24) is 0 Å². The largest absolute Gasteiger partial charge is 1.00 e. The molecule has 0 aliphatic rings. The molecule has 28 heavy (non-hydrogen) atoms. The third-order valence-corrected chi connectivity index (χ3v) is 6.78. The molecule has 1 N–H and O–H groups in total. The number of hydrogen-bond donors (Lipinski definition) is 1. The van der Waals surface area contributed by atoms with Crippen LogP contribution in [0.5, 0.6) is 0 Å². The van der Waals surface area contributed by atoms with Crippen LogP contribution in [0.3, 0.4) is 0 Å². The maximum absolute atomic E-state index is 11.3. The van der Waals surface area contributed by atoms with E-state index in [1.807, 2.05) is 6.92 Å². The summed E-state index contributed by atoms with van der Waals surface area (Å²) in [5.74, 6) is 0. The van der Waals surface area contributed by atoms with Crippen molar-refractivity contribution in [3.8, 4) is 0 Å². The summed E-state index contributed by atoms with van der Waals surface area (Å²) in [4.78, 5) is 0. The molecule has 0 radical (unpaired) electrons. The van der Waals surface area contributed by atoms with Crippen LogP contribution >= 0.6 is 0 Å². The van der Waals surface area contributed by atoms with Crippen molar-refractivity contribution in [3.05, 3.63) is 0 Å². The summed E-state index contributed by atoms with van der Waals surface area (Å²) in [6, 6.07) is 0. The fourth-order valence-corrected chi connectivity index (χ4v) is 4.54. The molecule has 0 aliphatic carbocycles. The van der Waals surface area contributed by atoms with Gasteiger partial charge in [-0.1, -0.05) is 104 Å². The minimum Gasteiger partial charge on any atom is -0.748 e. The Morgan fingerprint density at radius 1 is 0.643 bits per heavy atom. The number of rotatable bonds is 20. The zero-order valence-corrected chi connectivity index (χ0v) is 21.8. The second-order valence-electron chi connectivity index (χ2n) is 8.17. The van der Waals surface area contributed by atoms with Crippen molar-refractivity contribution >= 4 is 10.1 Å². The zero-order valence-electron chi connectivity index (χ0n) is 19.0. The van der Waals surface area contributed by atoms with E-state index in [2.05, 4.69) is 6.92 Å². The van der Waals surface area contributed by atoms with Crippen LogP contribution in [0.4, 0.5) is 0 Å². The van der Waals surface area contributed by atoms with E-state index in [4.69, 9.17) is 0 Å². The van der Waals surface area contributed by atoms with Gasteiger partial charge in [0.25, 0.3) is 0 Å². The summed E-state index contributed by atoms with van der Waals surface area (Å²) in [6.45, 7) is 4.25. The van der Waals surface area contributed by atoms with E-state index in [1.165, 1.54) is 51.4 Å². The molecule has 6 heteroatoms. The first kappa shape index (κ1) is 31.1. The fraction of sp³-hybridized carbons (Fsp3) is 1.00. The van der Waals surface area contributed by atoms with Gasteiger partial charge in [-0.2, -0.15) is 0 Å². The molecule has 2 atom stereocenters. The van der Waals surface area contributed by atoms with E-state index < -0.39 is 15.4 Å². The SMILES string of the molecule is CCCCCCCCCCCC(O)CCCCCC(CCCC)S(=O)(=O)[O-].[Na+]. The van der Waals surface area contributed by atoms with Gasteiger partial charge in [0, 0.05) is 5.25 Å². The predicted molar refractivity (Wildman–Crippen MR) is 114 cm³/mol. The fourth-order valence-electron chi connectivity index (χ4n) is 3.63. The maximum atomic E-state index is 11.3. The first-order valence-electron chi connectivity index (χ1n) is 11.5. The summed E-state index contributed by atoms with van der Waals surface area (Å²) >= 11 is 0. The summed E-state index contributed by atoms with van der Waals surface area (Å²) in [7, 11) is -4.17. The Bertz CT molecular complexity index is 415. The average Bonchev–Trinajstić information content (AvgIpc) is 2.61. The van der Waals surface area contributed by atoms with Crippen LogP contribution in [0.15, 0.2) is 0 Å². The molecule has 0 saturated carbocycles. The molecule has 0 amide bonds. The van der Waals surface area contributed by atoms with Gasteiger partial charge in [-0.25, -0.2) is 8.42 Å². The topological polar surface area (TPSA) is 77.4 Å². The maximum Gasteiger partial charge on any atom is 1.00 e. The van der Waals surface area contributed by atoms with Gasteiger partial charge in [-0.05, 0) is 25.7 Å². The van der Waals surface area contributed by atoms with Crippen LogP contribution in [-0.2, 0) is 10.1 Å². The zero-order chi connectivity index (χ0) is 20.4. The van der Waals surface area contributed by atoms with Gasteiger partial charge in [-0.15, -0.1) is 0 Å². The van der Waals surface area contributed by atoms with Gasteiger partial charge in [0.15, 0.2) is 0 Å². The Labute approximate surface area is 197 Å². The van der Waals surface area contributed by atoms with Gasteiger partial charge in [0.1, 0.15) is 0 Å². The van der Waals surface area contributed by atoms with E-state index >= 15 is 0 Å². The molecule has 164 valence electrons. The molecule has 0 rings (SSSR count). The monoisotopic (exact) mass is 428 g/mol. The average molecular weight is 429 g/mol. The third-order valence-electron chi connectivity index (χ3n) is 5.49. The molecular formula is C22H45NaO4S. The Hall–Kier alpha value is 0.870. The van der Waals surface area contributed by atoms with E-state index in [0.717, 1.165) is 51.4 Å². The molecule has 2 unspecified atom stereocenters. The van der Waals surface area contributed by atoms with Crippen molar-refractivity contribution < 1.29 is 47.6 Å². The van der Waals surface area contributed by atoms with Crippen LogP contribution in [0.1, 0.15) is 129 Å². The quantitative estimate of drug-likeness (QED) is 0.183. The molecule has 0 spiro atoms. The Kier molecular flexibility index (Phi) is 23.4. The number of aliphatic hydroxyl groups excluding tert-OH is 1. The minimum absolute atomic E-state index is 0. The van der Waals surface area contributed by atoms with Crippen LogP contribution < -0.4 is 29.6 Å². The van der Waals surface area contributed by atoms with Crippen LogP contribution in [0, 0.1) is 0 Å². The van der Waals surface area contributed by atoms with Gasteiger partial charge < -0.3 is 9.66 Å². The predicted octanol–water partition coefficient (Wildman–Crippen LogP) is 3.33. The molecular weight excluding hydrogens is 383 g/mol. The first-order chi connectivity index (χ1) is 12.9. The molecule has 0 saturated heterocycles. The molecule has 4 nitrogen and oxygen atoms in total. The summed E-state index contributed by atoms with van der Waals surface area (Å²) in [5.41, 5.74) is 0. The molecule has 0 aromatic heterocycles.